The van der Waals surface area contributed by atoms with E-state index < -0.39 is 17.6 Å². The van der Waals surface area contributed by atoms with Crippen LogP contribution in [0.3, 0.4) is 0 Å². The number of aromatic nitrogens is 3. The summed E-state index contributed by atoms with van der Waals surface area (Å²) in [6.45, 7) is 5.44. The molecule has 2 atom stereocenters. The second-order valence-electron chi connectivity index (χ2n) is 12.4. The molecule has 1 saturated heterocycles. The van der Waals surface area contributed by atoms with Crippen molar-refractivity contribution in [3.05, 3.63) is 76.4 Å². The maximum Gasteiger partial charge on any atom is 0.416 e. The lowest BCUT2D eigenvalue weighted by Crippen LogP contribution is -2.43. The van der Waals surface area contributed by atoms with Gasteiger partial charge in [-0.3, -0.25) is 9.69 Å². The molecule has 0 spiro atoms. The van der Waals surface area contributed by atoms with Crippen molar-refractivity contribution in [1.29, 1.82) is 5.26 Å². The summed E-state index contributed by atoms with van der Waals surface area (Å²) in [7, 11) is 1.87. The lowest BCUT2D eigenvalue weighted by Gasteiger charge is -2.45. The number of amides is 1. The SMILES string of the molecule is CC1CCN(Cc2cc3c(c(C(F)(F)F)c2)CN(c2cccc([C@]4(Cc5nncn5C)C[C@@H](C#N)C4)c2)C3=O)CC(C)O1. The first kappa shape index (κ1) is 29.3. The lowest BCUT2D eigenvalue weighted by molar-refractivity contribution is -0.138. The highest BCUT2D eigenvalue weighted by Gasteiger charge is 2.47. The number of ether oxygens (including phenoxy) is 1. The first-order chi connectivity index (χ1) is 20.5. The zero-order chi connectivity index (χ0) is 30.5. The van der Waals surface area contributed by atoms with Crippen LogP contribution in [0.1, 0.15) is 71.5 Å². The van der Waals surface area contributed by atoms with Crippen molar-refractivity contribution in [2.45, 2.75) is 76.4 Å². The summed E-state index contributed by atoms with van der Waals surface area (Å²) in [5.74, 6) is 0.254. The van der Waals surface area contributed by atoms with Crippen LogP contribution in [0.2, 0.25) is 0 Å². The summed E-state index contributed by atoms with van der Waals surface area (Å²) < 4.78 is 50.9. The highest BCUT2D eigenvalue weighted by atomic mass is 19.4. The minimum Gasteiger partial charge on any atom is -0.374 e. The van der Waals surface area contributed by atoms with Crippen LogP contribution in [0.4, 0.5) is 18.9 Å². The van der Waals surface area contributed by atoms with Crippen LogP contribution in [0.25, 0.3) is 0 Å². The highest BCUT2D eigenvalue weighted by molar-refractivity contribution is 6.10. The maximum atomic E-state index is 14.4. The van der Waals surface area contributed by atoms with Gasteiger partial charge in [-0.05, 0) is 74.1 Å². The topological polar surface area (TPSA) is 87.3 Å². The van der Waals surface area contributed by atoms with E-state index in [2.05, 4.69) is 21.2 Å². The third kappa shape index (κ3) is 5.66. The molecule has 3 heterocycles. The Morgan fingerprint density at radius 3 is 2.65 bits per heavy atom. The molecule has 6 rings (SSSR count). The molecule has 1 amide bonds. The van der Waals surface area contributed by atoms with Gasteiger partial charge in [0.1, 0.15) is 12.2 Å². The van der Waals surface area contributed by atoms with E-state index in [4.69, 9.17) is 4.74 Å². The van der Waals surface area contributed by atoms with Gasteiger partial charge in [0.2, 0.25) is 0 Å². The van der Waals surface area contributed by atoms with E-state index in [-0.39, 0.29) is 41.2 Å². The van der Waals surface area contributed by atoms with Crippen molar-refractivity contribution in [2.75, 3.05) is 18.0 Å². The average molecular weight is 593 g/mol. The number of hydrogen-bond donors (Lipinski definition) is 0. The largest absolute Gasteiger partial charge is 0.416 e. The summed E-state index contributed by atoms with van der Waals surface area (Å²) in [5, 5.41) is 17.8. The molecule has 2 aliphatic heterocycles. The number of nitriles is 1. The monoisotopic (exact) mass is 592 g/mol. The Hall–Kier alpha value is -3.75. The smallest absolute Gasteiger partial charge is 0.374 e. The minimum absolute atomic E-state index is 0.00910. The van der Waals surface area contributed by atoms with Crippen LogP contribution in [-0.2, 0) is 42.9 Å². The number of hydrogen-bond acceptors (Lipinski definition) is 6. The van der Waals surface area contributed by atoms with E-state index in [1.807, 2.05) is 43.7 Å². The molecule has 2 aromatic carbocycles. The number of fused-ring (bicyclic) bond motifs is 1. The van der Waals surface area contributed by atoms with Crippen molar-refractivity contribution in [3.8, 4) is 6.07 Å². The molecular weight excluding hydrogens is 557 g/mol. The zero-order valence-electron chi connectivity index (χ0n) is 24.6. The van der Waals surface area contributed by atoms with Gasteiger partial charge in [0.25, 0.3) is 5.91 Å². The fourth-order valence-electron chi connectivity index (χ4n) is 6.98. The van der Waals surface area contributed by atoms with Gasteiger partial charge in [0.15, 0.2) is 0 Å². The van der Waals surface area contributed by atoms with Gasteiger partial charge in [-0.25, -0.2) is 0 Å². The summed E-state index contributed by atoms with van der Waals surface area (Å²) in [6.07, 6.45) is -0.286. The molecule has 1 aromatic heterocycles. The molecule has 0 radical (unpaired) electrons. The van der Waals surface area contributed by atoms with Gasteiger partial charge < -0.3 is 14.2 Å². The highest BCUT2D eigenvalue weighted by Crippen LogP contribution is 2.50. The summed E-state index contributed by atoms with van der Waals surface area (Å²) in [4.78, 5) is 17.3. The van der Waals surface area contributed by atoms with Gasteiger partial charge in [0.05, 0.1) is 30.4 Å². The van der Waals surface area contributed by atoms with Crippen molar-refractivity contribution >= 4 is 11.6 Å². The summed E-state index contributed by atoms with van der Waals surface area (Å²) in [5.41, 5.74) is 0.929. The molecule has 226 valence electrons. The van der Waals surface area contributed by atoms with E-state index >= 15 is 0 Å². The fourth-order valence-corrected chi connectivity index (χ4v) is 6.98. The molecule has 1 aliphatic carbocycles. The van der Waals surface area contributed by atoms with E-state index in [9.17, 15) is 23.2 Å². The number of alkyl halides is 3. The normalized spacial score (nSPS) is 26.1. The summed E-state index contributed by atoms with van der Waals surface area (Å²) >= 11 is 0. The van der Waals surface area contributed by atoms with Gasteiger partial charge in [-0.15, -0.1) is 10.2 Å². The van der Waals surface area contributed by atoms with Gasteiger partial charge in [-0.1, -0.05) is 12.1 Å². The molecule has 0 bridgehead atoms. The Balaban J connectivity index is 1.31. The standard InChI is InChI=1S/C32H35F3N6O2/c1-20-7-8-40(16-21(2)43-20)17-22-9-26-27(28(10-22)32(33,34)35)18-41(30(26)42)25-6-4-5-24(11-25)31(12-23(13-31)15-36)14-29-38-37-19-39(29)3/h4-6,9-11,19-21,23H,7-8,12-14,16-18H2,1-3H3/t20?,21?,23-,31-. The Morgan fingerprint density at radius 1 is 1.16 bits per heavy atom. The van der Waals surface area contributed by atoms with E-state index in [1.54, 1.807) is 18.5 Å². The van der Waals surface area contributed by atoms with Crippen molar-refractivity contribution < 1.29 is 22.7 Å². The molecule has 8 nitrogen and oxygen atoms in total. The second-order valence-corrected chi connectivity index (χ2v) is 12.4. The number of aryl methyl sites for hydroxylation is 1. The van der Waals surface area contributed by atoms with Crippen LogP contribution >= 0.6 is 0 Å². The van der Waals surface area contributed by atoms with E-state index in [0.29, 0.717) is 50.1 Å². The third-order valence-electron chi connectivity index (χ3n) is 9.17. The van der Waals surface area contributed by atoms with Gasteiger partial charge in [0, 0.05) is 55.7 Å². The maximum absolute atomic E-state index is 14.4. The predicted octanol–water partition coefficient (Wildman–Crippen LogP) is 5.41. The number of rotatable bonds is 6. The number of anilines is 1. The van der Waals surface area contributed by atoms with Crippen LogP contribution in [0.15, 0.2) is 42.7 Å². The summed E-state index contributed by atoms with van der Waals surface area (Å²) in [6, 6.07) is 12.6. The van der Waals surface area contributed by atoms with Crippen LogP contribution in [0.5, 0.6) is 0 Å². The van der Waals surface area contributed by atoms with Crippen LogP contribution in [-0.4, -0.2) is 50.9 Å². The van der Waals surface area contributed by atoms with Crippen molar-refractivity contribution in [1.82, 2.24) is 19.7 Å². The predicted molar refractivity (Wildman–Crippen MR) is 153 cm³/mol. The lowest BCUT2D eigenvalue weighted by atomic mass is 9.57. The molecule has 2 unspecified atom stereocenters. The first-order valence-electron chi connectivity index (χ1n) is 14.7. The molecule has 43 heavy (non-hydrogen) atoms. The minimum atomic E-state index is -4.60. The Morgan fingerprint density at radius 2 is 1.95 bits per heavy atom. The molecule has 3 aliphatic rings. The quantitative estimate of drug-likeness (QED) is 0.381. The number of halogens is 3. The third-order valence-corrected chi connectivity index (χ3v) is 9.17. The second kappa shape index (κ2) is 11.1. The van der Waals surface area contributed by atoms with E-state index in [0.717, 1.165) is 17.8 Å². The average Bonchev–Trinajstić information content (AvgIpc) is 3.44. The zero-order valence-corrected chi connectivity index (χ0v) is 24.6. The van der Waals surface area contributed by atoms with Crippen molar-refractivity contribution in [2.24, 2.45) is 13.0 Å². The molecule has 11 heteroatoms. The Bertz CT molecular complexity index is 1570. The number of carbonyl (C=O) groups is 1. The Kier molecular flexibility index (Phi) is 7.55. The van der Waals surface area contributed by atoms with Crippen molar-refractivity contribution in [3.63, 3.8) is 0 Å². The fraction of sp³-hybridized carbons (Fsp3) is 0.500. The first-order valence-corrected chi connectivity index (χ1v) is 14.7. The number of benzene rings is 2. The number of nitrogens with zero attached hydrogens (tertiary/aromatic N) is 6. The molecular formula is C32H35F3N6O2. The molecule has 1 saturated carbocycles. The number of carbonyl (C=O) groups excluding carboxylic acids is 1. The van der Waals surface area contributed by atoms with Gasteiger partial charge >= 0.3 is 6.18 Å². The van der Waals surface area contributed by atoms with Gasteiger partial charge in [-0.2, -0.15) is 18.4 Å². The molecule has 2 fully saturated rings. The Labute approximate surface area is 249 Å². The molecule has 3 aromatic rings. The molecule has 0 N–H and O–H groups in total. The van der Waals surface area contributed by atoms with Crippen LogP contribution in [0, 0.1) is 17.2 Å². The van der Waals surface area contributed by atoms with Crippen LogP contribution < -0.4 is 4.90 Å². The van der Waals surface area contributed by atoms with E-state index in [1.165, 1.54) is 11.0 Å².